The maximum Gasteiger partial charge on any atom is 0.234 e. The third kappa shape index (κ3) is 2.47. The lowest BCUT2D eigenvalue weighted by molar-refractivity contribution is 0.993. The molecule has 0 spiro atoms. The molecule has 0 saturated heterocycles. The molecule has 0 N–H and O–H groups in total. The SMILES string of the molecule is c1ccc(-c2cnc(-n3c4ccccc4c4ccc5sc6ccccc6c5c43)nc2)cc1. The van der Waals surface area contributed by atoms with E-state index in [1.165, 1.54) is 36.5 Å². The summed E-state index contributed by atoms with van der Waals surface area (Å²) in [5.74, 6) is 0.693. The fourth-order valence-electron chi connectivity index (χ4n) is 4.69. The van der Waals surface area contributed by atoms with Crippen molar-refractivity contribution in [1.29, 1.82) is 0 Å². The van der Waals surface area contributed by atoms with E-state index in [9.17, 15) is 0 Å². The lowest BCUT2D eigenvalue weighted by Gasteiger charge is -2.08. The summed E-state index contributed by atoms with van der Waals surface area (Å²) in [5.41, 5.74) is 4.43. The van der Waals surface area contributed by atoms with Crippen LogP contribution in [0.2, 0.25) is 0 Å². The van der Waals surface area contributed by atoms with Gasteiger partial charge < -0.3 is 0 Å². The van der Waals surface area contributed by atoms with Crippen molar-refractivity contribution in [2.45, 2.75) is 0 Å². The molecule has 3 heterocycles. The first-order valence-electron chi connectivity index (χ1n) is 10.6. The van der Waals surface area contributed by atoms with Gasteiger partial charge in [-0.15, -0.1) is 11.3 Å². The van der Waals surface area contributed by atoms with Crippen LogP contribution in [-0.4, -0.2) is 14.5 Å². The van der Waals surface area contributed by atoms with Gasteiger partial charge in [-0.2, -0.15) is 0 Å². The smallest absolute Gasteiger partial charge is 0.234 e. The van der Waals surface area contributed by atoms with Crippen molar-refractivity contribution in [2.75, 3.05) is 0 Å². The van der Waals surface area contributed by atoms with E-state index in [2.05, 4.69) is 77.4 Å². The first-order valence-corrected chi connectivity index (χ1v) is 11.4. The minimum Gasteiger partial charge on any atom is -0.277 e. The highest BCUT2D eigenvalue weighted by Crippen LogP contribution is 2.42. The number of hydrogen-bond acceptors (Lipinski definition) is 3. The first kappa shape index (κ1) is 17.6. The molecule has 0 bridgehead atoms. The Morgan fingerprint density at radius 2 is 1.28 bits per heavy atom. The van der Waals surface area contributed by atoms with Crippen LogP contribution in [0.1, 0.15) is 0 Å². The molecule has 0 aliphatic rings. The van der Waals surface area contributed by atoms with E-state index >= 15 is 0 Å². The molecule has 0 unspecified atom stereocenters. The summed E-state index contributed by atoms with van der Waals surface area (Å²) in [6.45, 7) is 0. The molecule has 3 aromatic heterocycles. The molecule has 0 radical (unpaired) electrons. The molecule has 7 rings (SSSR count). The number of thiophene rings is 1. The maximum absolute atomic E-state index is 4.82. The van der Waals surface area contributed by atoms with E-state index < -0.39 is 0 Å². The average molecular weight is 428 g/mol. The van der Waals surface area contributed by atoms with Crippen molar-refractivity contribution in [3.8, 4) is 17.1 Å². The van der Waals surface area contributed by atoms with Crippen LogP contribution in [0.4, 0.5) is 0 Å². The van der Waals surface area contributed by atoms with Crippen LogP contribution in [0.3, 0.4) is 0 Å². The maximum atomic E-state index is 4.82. The van der Waals surface area contributed by atoms with Gasteiger partial charge in [-0.05, 0) is 23.8 Å². The standard InChI is InChI=1S/C28H17N3S/c1-2-8-18(9-3-1)19-16-29-28(30-17-19)31-23-12-6-4-10-20(23)21-14-15-25-26(27(21)31)22-11-5-7-13-24(22)32-25/h1-17H. The fourth-order valence-corrected chi connectivity index (χ4v) is 5.80. The fraction of sp³-hybridized carbons (Fsp3) is 0. The molecular formula is C28H17N3S. The van der Waals surface area contributed by atoms with Gasteiger partial charge in [-0.25, -0.2) is 9.97 Å². The Morgan fingerprint density at radius 3 is 2.12 bits per heavy atom. The molecule has 150 valence electrons. The summed E-state index contributed by atoms with van der Waals surface area (Å²) < 4.78 is 4.80. The van der Waals surface area contributed by atoms with Gasteiger partial charge in [0.15, 0.2) is 0 Å². The van der Waals surface area contributed by atoms with Gasteiger partial charge in [0, 0.05) is 48.9 Å². The normalized spacial score (nSPS) is 11.8. The zero-order chi connectivity index (χ0) is 21.1. The number of nitrogens with zero attached hydrogens (tertiary/aromatic N) is 3. The lowest BCUT2D eigenvalue weighted by Crippen LogP contribution is -2.01. The molecule has 4 heteroatoms. The monoisotopic (exact) mass is 427 g/mol. The molecule has 7 aromatic rings. The van der Waals surface area contributed by atoms with Gasteiger partial charge in [-0.3, -0.25) is 4.57 Å². The highest BCUT2D eigenvalue weighted by atomic mass is 32.1. The molecule has 0 amide bonds. The molecule has 0 fully saturated rings. The van der Waals surface area contributed by atoms with Gasteiger partial charge in [0.25, 0.3) is 0 Å². The third-order valence-corrected chi connectivity index (χ3v) is 7.26. The topological polar surface area (TPSA) is 30.7 Å². The van der Waals surface area contributed by atoms with E-state index in [1.807, 2.05) is 41.9 Å². The lowest BCUT2D eigenvalue weighted by atomic mass is 10.1. The number of fused-ring (bicyclic) bond motifs is 7. The Labute approximate surface area is 188 Å². The van der Waals surface area contributed by atoms with Crippen LogP contribution in [-0.2, 0) is 0 Å². The van der Waals surface area contributed by atoms with E-state index in [0.717, 1.165) is 16.6 Å². The van der Waals surface area contributed by atoms with Gasteiger partial charge >= 0.3 is 0 Å². The first-order chi connectivity index (χ1) is 15.9. The summed E-state index contributed by atoms with van der Waals surface area (Å²) >= 11 is 1.84. The third-order valence-electron chi connectivity index (χ3n) is 6.12. The van der Waals surface area contributed by atoms with Crippen molar-refractivity contribution in [2.24, 2.45) is 0 Å². The molecular weight excluding hydrogens is 410 g/mol. The predicted molar refractivity (Wildman–Crippen MR) is 135 cm³/mol. The Hall–Kier alpha value is -4.02. The molecule has 0 saturated carbocycles. The van der Waals surface area contributed by atoms with E-state index in [0.29, 0.717) is 5.95 Å². The average Bonchev–Trinajstić information content (AvgIpc) is 3.40. The number of aromatic nitrogens is 3. The van der Waals surface area contributed by atoms with Crippen LogP contribution in [0.15, 0.2) is 103 Å². The van der Waals surface area contributed by atoms with Crippen molar-refractivity contribution in [3.05, 3.63) is 103 Å². The zero-order valence-corrected chi connectivity index (χ0v) is 17.9. The van der Waals surface area contributed by atoms with Gasteiger partial charge in [0.05, 0.1) is 11.0 Å². The van der Waals surface area contributed by atoms with Crippen LogP contribution < -0.4 is 0 Å². The van der Waals surface area contributed by atoms with E-state index in [1.54, 1.807) is 0 Å². The van der Waals surface area contributed by atoms with Gasteiger partial charge in [-0.1, -0.05) is 72.8 Å². The Morgan fingerprint density at radius 1 is 0.562 bits per heavy atom. The molecule has 0 atom stereocenters. The second-order valence-corrected chi connectivity index (χ2v) is 9.01. The molecule has 0 aliphatic carbocycles. The summed E-state index contributed by atoms with van der Waals surface area (Å²) in [5, 5.41) is 5.00. The minimum atomic E-state index is 0.693. The van der Waals surface area contributed by atoms with Crippen LogP contribution in [0, 0.1) is 0 Å². The summed E-state index contributed by atoms with van der Waals surface area (Å²) in [4.78, 5) is 9.65. The van der Waals surface area contributed by atoms with Crippen molar-refractivity contribution >= 4 is 53.3 Å². The van der Waals surface area contributed by atoms with Crippen LogP contribution >= 0.6 is 11.3 Å². The van der Waals surface area contributed by atoms with Gasteiger partial charge in [0.1, 0.15) is 0 Å². The van der Waals surface area contributed by atoms with Crippen LogP contribution in [0.5, 0.6) is 0 Å². The zero-order valence-electron chi connectivity index (χ0n) is 17.1. The molecule has 32 heavy (non-hydrogen) atoms. The largest absolute Gasteiger partial charge is 0.277 e. The van der Waals surface area contributed by atoms with Crippen molar-refractivity contribution in [1.82, 2.24) is 14.5 Å². The second kappa shape index (κ2) is 6.74. The minimum absolute atomic E-state index is 0.693. The summed E-state index contributed by atoms with van der Waals surface area (Å²) in [7, 11) is 0. The van der Waals surface area contributed by atoms with Crippen molar-refractivity contribution < 1.29 is 0 Å². The number of para-hydroxylation sites is 1. The molecule has 0 aliphatic heterocycles. The second-order valence-electron chi connectivity index (χ2n) is 7.92. The van der Waals surface area contributed by atoms with Crippen molar-refractivity contribution in [3.63, 3.8) is 0 Å². The van der Waals surface area contributed by atoms with E-state index in [4.69, 9.17) is 9.97 Å². The predicted octanol–water partition coefficient (Wildman–Crippen LogP) is 7.61. The van der Waals surface area contributed by atoms with E-state index in [-0.39, 0.29) is 0 Å². The molecule has 4 aromatic carbocycles. The number of rotatable bonds is 2. The Balaban J connectivity index is 1.59. The van der Waals surface area contributed by atoms with Gasteiger partial charge in [0.2, 0.25) is 5.95 Å². The highest BCUT2D eigenvalue weighted by Gasteiger charge is 2.18. The highest BCUT2D eigenvalue weighted by molar-refractivity contribution is 7.26. The summed E-state index contributed by atoms with van der Waals surface area (Å²) in [6, 6.07) is 31.9. The molecule has 3 nitrogen and oxygen atoms in total. The van der Waals surface area contributed by atoms with Crippen LogP contribution in [0.25, 0.3) is 59.1 Å². The quantitative estimate of drug-likeness (QED) is 0.284. The Kier molecular flexibility index (Phi) is 3.72. The number of hydrogen-bond donors (Lipinski definition) is 0. The number of benzene rings is 4. The Bertz CT molecular complexity index is 1760. The summed E-state index contributed by atoms with van der Waals surface area (Å²) in [6.07, 6.45) is 3.84.